The molecule has 0 radical (unpaired) electrons. The Labute approximate surface area is 141 Å². The fraction of sp³-hybridized carbons (Fsp3) is 0.0526. The maximum atomic E-state index is 13.4. The van der Waals surface area contributed by atoms with Crippen LogP contribution in [0.4, 0.5) is 13.2 Å². The smallest absolute Gasteiger partial charge is 0.417 e. The maximum absolute atomic E-state index is 13.4. The van der Waals surface area contributed by atoms with E-state index < -0.39 is 17.3 Å². The maximum Gasteiger partial charge on any atom is 0.417 e. The molecule has 0 amide bonds. The number of pyridine rings is 1. The second-order valence-corrected chi connectivity index (χ2v) is 5.13. The lowest BCUT2D eigenvalue weighted by Gasteiger charge is -2.14. The summed E-state index contributed by atoms with van der Waals surface area (Å²) in [6, 6.07) is 19.1. The SMILES string of the molecule is N#Cc1c(C(F)(F)F)cc(-c2ccccc2)nc1Oc1ccccc1. The van der Waals surface area contributed by atoms with Crippen molar-refractivity contribution in [2.75, 3.05) is 0 Å². The zero-order valence-electron chi connectivity index (χ0n) is 12.8. The molecular formula is C19H11F3N2O. The highest BCUT2D eigenvalue weighted by Gasteiger charge is 2.36. The first kappa shape index (κ1) is 16.5. The van der Waals surface area contributed by atoms with Crippen LogP contribution < -0.4 is 4.74 Å². The van der Waals surface area contributed by atoms with Gasteiger partial charge in [-0.2, -0.15) is 18.4 Å². The third-order valence-corrected chi connectivity index (χ3v) is 3.43. The van der Waals surface area contributed by atoms with Gasteiger partial charge in [-0.25, -0.2) is 4.98 Å². The van der Waals surface area contributed by atoms with Gasteiger partial charge in [-0.1, -0.05) is 48.5 Å². The van der Waals surface area contributed by atoms with Crippen LogP contribution >= 0.6 is 0 Å². The van der Waals surface area contributed by atoms with E-state index in [1.807, 2.05) is 0 Å². The number of nitrogens with zero attached hydrogens (tertiary/aromatic N) is 2. The topological polar surface area (TPSA) is 45.9 Å². The largest absolute Gasteiger partial charge is 0.438 e. The lowest BCUT2D eigenvalue weighted by molar-refractivity contribution is -0.137. The molecular weight excluding hydrogens is 329 g/mol. The molecule has 124 valence electrons. The molecule has 0 saturated carbocycles. The molecule has 25 heavy (non-hydrogen) atoms. The van der Waals surface area contributed by atoms with Crippen molar-refractivity contribution in [3.63, 3.8) is 0 Å². The van der Waals surface area contributed by atoms with Crippen LogP contribution in [-0.4, -0.2) is 4.98 Å². The van der Waals surface area contributed by atoms with Gasteiger partial charge < -0.3 is 4.74 Å². The number of hydrogen-bond acceptors (Lipinski definition) is 3. The van der Waals surface area contributed by atoms with Crippen molar-refractivity contribution in [1.82, 2.24) is 4.98 Å². The molecule has 0 N–H and O–H groups in total. The zero-order chi connectivity index (χ0) is 17.9. The molecule has 0 aliphatic rings. The minimum atomic E-state index is -4.70. The number of halogens is 3. The van der Waals surface area contributed by atoms with Gasteiger partial charge in [0.25, 0.3) is 0 Å². The first-order chi connectivity index (χ1) is 12.0. The number of para-hydroxylation sites is 1. The van der Waals surface area contributed by atoms with Crippen LogP contribution in [0.25, 0.3) is 11.3 Å². The van der Waals surface area contributed by atoms with Crippen LogP contribution in [0.1, 0.15) is 11.1 Å². The van der Waals surface area contributed by atoms with Gasteiger partial charge in [0, 0.05) is 5.56 Å². The van der Waals surface area contributed by atoms with Gasteiger partial charge in [-0.05, 0) is 18.2 Å². The highest BCUT2D eigenvalue weighted by Crippen LogP contribution is 2.38. The minimum absolute atomic E-state index is 0.0813. The van der Waals surface area contributed by atoms with E-state index >= 15 is 0 Å². The Morgan fingerprint density at radius 1 is 0.920 bits per heavy atom. The van der Waals surface area contributed by atoms with E-state index in [1.54, 1.807) is 66.7 Å². The van der Waals surface area contributed by atoms with E-state index in [0.717, 1.165) is 6.07 Å². The van der Waals surface area contributed by atoms with E-state index in [4.69, 9.17) is 4.74 Å². The lowest BCUT2D eigenvalue weighted by atomic mass is 10.0. The van der Waals surface area contributed by atoms with Crippen LogP contribution in [0.2, 0.25) is 0 Å². The van der Waals surface area contributed by atoms with Crippen molar-refractivity contribution in [1.29, 1.82) is 5.26 Å². The van der Waals surface area contributed by atoms with Gasteiger partial charge in [0.1, 0.15) is 17.4 Å². The number of ether oxygens (including phenoxy) is 1. The van der Waals surface area contributed by atoms with E-state index in [-0.39, 0.29) is 11.6 Å². The molecule has 0 atom stereocenters. The van der Waals surface area contributed by atoms with Gasteiger partial charge in [0.05, 0.1) is 11.3 Å². The van der Waals surface area contributed by atoms with E-state index in [1.165, 1.54) is 0 Å². The number of aromatic nitrogens is 1. The van der Waals surface area contributed by atoms with Gasteiger partial charge in [0.15, 0.2) is 0 Å². The minimum Gasteiger partial charge on any atom is -0.438 e. The quantitative estimate of drug-likeness (QED) is 0.638. The predicted octanol–water partition coefficient (Wildman–Crippen LogP) is 5.43. The van der Waals surface area contributed by atoms with Crippen LogP contribution in [0.15, 0.2) is 66.7 Å². The molecule has 3 rings (SSSR count). The zero-order valence-corrected chi connectivity index (χ0v) is 12.8. The molecule has 0 spiro atoms. The second-order valence-electron chi connectivity index (χ2n) is 5.13. The Hall–Kier alpha value is -3.33. The number of benzene rings is 2. The standard InChI is InChI=1S/C19H11F3N2O/c20-19(21,22)16-11-17(13-7-3-1-4-8-13)24-18(15(16)12-23)25-14-9-5-2-6-10-14/h1-11H. The fourth-order valence-corrected chi connectivity index (χ4v) is 2.28. The van der Waals surface area contributed by atoms with Gasteiger partial charge >= 0.3 is 6.18 Å². The van der Waals surface area contributed by atoms with Crippen molar-refractivity contribution in [2.45, 2.75) is 6.18 Å². The summed E-state index contributed by atoms with van der Waals surface area (Å²) in [4.78, 5) is 4.14. The van der Waals surface area contributed by atoms with Crippen LogP contribution in [0.3, 0.4) is 0 Å². The average Bonchev–Trinajstić information content (AvgIpc) is 2.62. The molecule has 1 aromatic heterocycles. The Bertz CT molecular complexity index is 917. The summed E-state index contributed by atoms with van der Waals surface area (Å²) in [5.74, 6) is -0.0767. The van der Waals surface area contributed by atoms with Crippen LogP contribution in [0.5, 0.6) is 11.6 Å². The summed E-state index contributed by atoms with van der Waals surface area (Å²) < 4.78 is 45.7. The molecule has 2 aromatic carbocycles. The monoisotopic (exact) mass is 340 g/mol. The third kappa shape index (κ3) is 3.61. The fourth-order valence-electron chi connectivity index (χ4n) is 2.28. The summed E-state index contributed by atoms with van der Waals surface area (Å²) in [5.41, 5.74) is -1.14. The third-order valence-electron chi connectivity index (χ3n) is 3.43. The highest BCUT2D eigenvalue weighted by atomic mass is 19.4. The Morgan fingerprint density at radius 3 is 2.08 bits per heavy atom. The van der Waals surface area contributed by atoms with Gasteiger partial charge in [0.2, 0.25) is 5.88 Å². The molecule has 0 fully saturated rings. The van der Waals surface area contributed by atoms with Crippen molar-refractivity contribution in [3.8, 4) is 29.0 Å². The number of alkyl halides is 3. The van der Waals surface area contributed by atoms with E-state index in [2.05, 4.69) is 4.98 Å². The van der Waals surface area contributed by atoms with Crippen LogP contribution in [0, 0.1) is 11.3 Å². The summed E-state index contributed by atoms with van der Waals surface area (Å²) in [7, 11) is 0. The Morgan fingerprint density at radius 2 is 1.52 bits per heavy atom. The summed E-state index contributed by atoms with van der Waals surface area (Å²) in [5, 5.41) is 9.23. The lowest BCUT2D eigenvalue weighted by Crippen LogP contribution is -2.10. The average molecular weight is 340 g/mol. The highest BCUT2D eigenvalue weighted by molar-refractivity contribution is 5.64. The summed E-state index contributed by atoms with van der Waals surface area (Å²) in [6.45, 7) is 0. The van der Waals surface area contributed by atoms with Crippen LogP contribution in [-0.2, 0) is 6.18 Å². The Balaban J connectivity index is 2.20. The molecule has 0 aliphatic carbocycles. The first-order valence-electron chi connectivity index (χ1n) is 7.29. The molecule has 0 saturated heterocycles. The predicted molar refractivity (Wildman–Crippen MR) is 85.9 cm³/mol. The molecule has 0 bridgehead atoms. The van der Waals surface area contributed by atoms with Crippen molar-refractivity contribution >= 4 is 0 Å². The molecule has 3 nitrogen and oxygen atoms in total. The van der Waals surface area contributed by atoms with E-state index in [9.17, 15) is 18.4 Å². The van der Waals surface area contributed by atoms with E-state index in [0.29, 0.717) is 11.3 Å². The van der Waals surface area contributed by atoms with Gasteiger partial charge in [-0.3, -0.25) is 0 Å². The van der Waals surface area contributed by atoms with Crippen molar-refractivity contribution in [2.24, 2.45) is 0 Å². The summed E-state index contributed by atoms with van der Waals surface area (Å²) in [6.07, 6.45) is -4.70. The van der Waals surface area contributed by atoms with Gasteiger partial charge in [-0.15, -0.1) is 0 Å². The van der Waals surface area contributed by atoms with Crippen molar-refractivity contribution < 1.29 is 17.9 Å². The second kappa shape index (κ2) is 6.65. The molecule has 1 heterocycles. The number of rotatable bonds is 3. The summed E-state index contributed by atoms with van der Waals surface area (Å²) >= 11 is 0. The molecule has 0 aliphatic heterocycles. The molecule has 3 aromatic rings. The molecule has 6 heteroatoms. The first-order valence-corrected chi connectivity index (χ1v) is 7.29. The van der Waals surface area contributed by atoms with Crippen molar-refractivity contribution in [3.05, 3.63) is 77.9 Å². The number of nitriles is 1. The number of hydrogen-bond donors (Lipinski definition) is 0. The normalized spacial score (nSPS) is 11.0. The Kier molecular flexibility index (Phi) is 4.40. The molecule has 0 unspecified atom stereocenters.